The van der Waals surface area contributed by atoms with E-state index in [0.717, 1.165) is 32.9 Å². The van der Waals surface area contributed by atoms with E-state index < -0.39 is 0 Å². The fourth-order valence-corrected chi connectivity index (χ4v) is 3.40. The van der Waals surface area contributed by atoms with Gasteiger partial charge in [0.05, 0.1) is 11.0 Å². The van der Waals surface area contributed by atoms with Gasteiger partial charge in [-0.1, -0.05) is 67.2 Å². The summed E-state index contributed by atoms with van der Waals surface area (Å²) in [5.41, 5.74) is 5.57. The molecule has 0 spiro atoms. The summed E-state index contributed by atoms with van der Waals surface area (Å²) in [7, 11) is 0. The maximum absolute atomic E-state index is 11.8. The number of carbonyl (C=O) groups is 1. The molecule has 0 saturated heterocycles. The van der Waals surface area contributed by atoms with E-state index in [0.29, 0.717) is 5.57 Å². The highest BCUT2D eigenvalue weighted by Crippen LogP contribution is 2.35. The number of ether oxygens (including phenoxy) is 1. The first-order valence-electron chi connectivity index (χ1n) is 9.29. The molecular formula is C25H21NO2. The van der Waals surface area contributed by atoms with E-state index in [1.165, 1.54) is 5.56 Å². The lowest BCUT2D eigenvalue weighted by Crippen LogP contribution is -2.09. The third kappa shape index (κ3) is 3.27. The van der Waals surface area contributed by atoms with Crippen molar-refractivity contribution in [2.24, 2.45) is 0 Å². The van der Waals surface area contributed by atoms with Gasteiger partial charge in [0.25, 0.3) is 0 Å². The third-order valence-corrected chi connectivity index (χ3v) is 4.89. The van der Waals surface area contributed by atoms with Crippen molar-refractivity contribution in [3.05, 3.63) is 90.5 Å². The summed E-state index contributed by atoms with van der Waals surface area (Å²) in [5, 5.41) is 2.24. The molecule has 0 amide bonds. The molecule has 1 heterocycles. The van der Waals surface area contributed by atoms with Gasteiger partial charge in [0.2, 0.25) is 0 Å². The summed E-state index contributed by atoms with van der Waals surface area (Å²) < 4.78 is 5.44. The number of aromatic nitrogens is 1. The number of hydrogen-bond donors (Lipinski definition) is 0. The number of esters is 1. The molecule has 0 bridgehead atoms. The number of fused-ring (bicyclic) bond motifs is 2. The number of hydrogen-bond acceptors (Lipinski definition) is 3. The number of para-hydroxylation sites is 2. The van der Waals surface area contributed by atoms with E-state index in [9.17, 15) is 4.79 Å². The molecule has 0 fully saturated rings. The molecule has 138 valence electrons. The predicted octanol–water partition coefficient (Wildman–Crippen LogP) is 6.24. The Bertz CT molecular complexity index is 1140. The van der Waals surface area contributed by atoms with Crippen molar-refractivity contribution in [3.63, 3.8) is 0 Å². The Kier molecular flexibility index (Phi) is 4.66. The fourth-order valence-electron chi connectivity index (χ4n) is 3.40. The molecule has 28 heavy (non-hydrogen) atoms. The number of rotatable bonds is 4. The molecule has 3 nitrogen and oxygen atoms in total. The van der Waals surface area contributed by atoms with Gasteiger partial charge in [-0.15, -0.1) is 0 Å². The van der Waals surface area contributed by atoms with Gasteiger partial charge < -0.3 is 4.74 Å². The van der Waals surface area contributed by atoms with Gasteiger partial charge in [0.1, 0.15) is 6.10 Å². The molecule has 1 unspecified atom stereocenters. The Hall–Kier alpha value is -3.46. The van der Waals surface area contributed by atoms with E-state index in [1.807, 2.05) is 55.5 Å². The molecule has 0 aliphatic carbocycles. The van der Waals surface area contributed by atoms with E-state index in [-0.39, 0.29) is 12.1 Å². The number of carbonyl (C=O) groups excluding carboxylic acids is 1. The van der Waals surface area contributed by atoms with Gasteiger partial charge in [-0.25, -0.2) is 9.78 Å². The predicted molar refractivity (Wildman–Crippen MR) is 114 cm³/mol. The molecule has 0 saturated carbocycles. The van der Waals surface area contributed by atoms with Gasteiger partial charge in [-0.3, -0.25) is 0 Å². The quantitative estimate of drug-likeness (QED) is 0.244. The molecule has 4 aromatic rings. The number of benzene rings is 3. The average Bonchev–Trinajstić information content (AvgIpc) is 2.72. The van der Waals surface area contributed by atoms with Crippen LogP contribution in [0.4, 0.5) is 0 Å². The van der Waals surface area contributed by atoms with E-state index in [2.05, 4.69) is 30.8 Å². The van der Waals surface area contributed by atoms with Crippen LogP contribution in [0.3, 0.4) is 0 Å². The van der Waals surface area contributed by atoms with Crippen molar-refractivity contribution in [2.75, 3.05) is 0 Å². The van der Waals surface area contributed by atoms with Gasteiger partial charge in [-0.05, 0) is 37.1 Å². The minimum absolute atomic E-state index is 0.329. The monoisotopic (exact) mass is 367 g/mol. The Morgan fingerprint density at radius 2 is 1.43 bits per heavy atom. The van der Waals surface area contributed by atoms with Crippen LogP contribution in [0.1, 0.15) is 25.5 Å². The smallest absolute Gasteiger partial charge is 0.333 e. The van der Waals surface area contributed by atoms with E-state index in [4.69, 9.17) is 9.72 Å². The SMILES string of the molecule is C=C(C)C(=O)OC(C)c1ccc(-c2c3ccccc3nc3ccccc23)cc1. The second-order valence-electron chi connectivity index (χ2n) is 6.97. The standard InChI is InChI=1S/C25H21NO2/c1-16(2)25(27)28-17(3)18-12-14-19(15-13-18)24-20-8-4-6-10-22(20)26-23-11-7-5-9-21(23)24/h4-15,17H,1H2,2-3H3. The summed E-state index contributed by atoms with van der Waals surface area (Å²) in [5.74, 6) is -0.373. The molecule has 0 N–H and O–H groups in total. The van der Waals surface area contributed by atoms with Gasteiger partial charge in [0, 0.05) is 21.9 Å². The van der Waals surface area contributed by atoms with Crippen LogP contribution in [-0.2, 0) is 9.53 Å². The third-order valence-electron chi connectivity index (χ3n) is 4.89. The Balaban J connectivity index is 1.80. The maximum atomic E-state index is 11.8. The van der Waals surface area contributed by atoms with Crippen molar-refractivity contribution >= 4 is 27.8 Å². The first-order chi connectivity index (χ1) is 13.5. The lowest BCUT2D eigenvalue weighted by Gasteiger charge is -2.15. The average molecular weight is 367 g/mol. The molecular weight excluding hydrogens is 346 g/mol. The van der Waals surface area contributed by atoms with Crippen molar-refractivity contribution in [1.82, 2.24) is 4.98 Å². The molecule has 3 aromatic carbocycles. The Morgan fingerprint density at radius 3 is 1.96 bits per heavy atom. The van der Waals surface area contributed by atoms with Crippen LogP contribution in [0.15, 0.2) is 84.9 Å². The summed E-state index contributed by atoms with van der Waals surface area (Å²) in [6, 6.07) is 24.6. The topological polar surface area (TPSA) is 39.2 Å². The van der Waals surface area contributed by atoms with Crippen LogP contribution in [0.2, 0.25) is 0 Å². The van der Waals surface area contributed by atoms with Crippen molar-refractivity contribution < 1.29 is 9.53 Å². The highest BCUT2D eigenvalue weighted by Gasteiger charge is 2.14. The van der Waals surface area contributed by atoms with Crippen LogP contribution >= 0.6 is 0 Å². The zero-order chi connectivity index (χ0) is 19.7. The maximum Gasteiger partial charge on any atom is 0.333 e. The second kappa shape index (κ2) is 7.28. The van der Waals surface area contributed by atoms with Crippen LogP contribution in [0, 0.1) is 0 Å². The van der Waals surface area contributed by atoms with Crippen molar-refractivity contribution in [2.45, 2.75) is 20.0 Å². The second-order valence-corrected chi connectivity index (χ2v) is 6.97. The molecule has 0 aliphatic rings. The molecule has 1 atom stereocenters. The number of nitrogens with zero attached hydrogens (tertiary/aromatic N) is 1. The summed E-state index contributed by atoms with van der Waals surface area (Å²) in [6.45, 7) is 7.15. The largest absolute Gasteiger partial charge is 0.454 e. The Labute approximate surface area is 164 Å². The highest BCUT2D eigenvalue weighted by molar-refractivity contribution is 6.09. The molecule has 1 aromatic heterocycles. The van der Waals surface area contributed by atoms with Gasteiger partial charge in [-0.2, -0.15) is 0 Å². The van der Waals surface area contributed by atoms with E-state index >= 15 is 0 Å². The minimum Gasteiger partial charge on any atom is -0.454 e. The zero-order valence-corrected chi connectivity index (χ0v) is 16.0. The summed E-state index contributed by atoms with van der Waals surface area (Å²) in [4.78, 5) is 16.6. The Morgan fingerprint density at radius 1 is 0.893 bits per heavy atom. The minimum atomic E-state index is -0.373. The van der Waals surface area contributed by atoms with Gasteiger partial charge in [0.15, 0.2) is 0 Å². The first kappa shape index (κ1) is 17.9. The molecule has 4 rings (SSSR count). The number of pyridine rings is 1. The molecule has 3 heteroatoms. The van der Waals surface area contributed by atoms with E-state index in [1.54, 1.807) is 6.92 Å². The van der Waals surface area contributed by atoms with Crippen LogP contribution in [0.5, 0.6) is 0 Å². The van der Waals surface area contributed by atoms with Gasteiger partial charge >= 0.3 is 5.97 Å². The normalized spacial score (nSPS) is 12.1. The first-order valence-corrected chi connectivity index (χ1v) is 9.29. The summed E-state index contributed by atoms with van der Waals surface area (Å²) >= 11 is 0. The van der Waals surface area contributed by atoms with Crippen LogP contribution in [0.25, 0.3) is 32.9 Å². The van der Waals surface area contributed by atoms with Crippen molar-refractivity contribution in [1.29, 1.82) is 0 Å². The molecule has 0 aliphatic heterocycles. The fraction of sp³-hybridized carbons (Fsp3) is 0.120. The lowest BCUT2D eigenvalue weighted by molar-refractivity contribution is -0.143. The van der Waals surface area contributed by atoms with Crippen LogP contribution < -0.4 is 0 Å². The molecule has 0 radical (unpaired) electrons. The zero-order valence-electron chi connectivity index (χ0n) is 16.0. The summed E-state index contributed by atoms with van der Waals surface area (Å²) in [6.07, 6.45) is -0.329. The lowest BCUT2D eigenvalue weighted by atomic mass is 9.95. The highest BCUT2D eigenvalue weighted by atomic mass is 16.5. The van der Waals surface area contributed by atoms with Crippen LogP contribution in [-0.4, -0.2) is 11.0 Å². The van der Waals surface area contributed by atoms with Crippen molar-refractivity contribution in [3.8, 4) is 11.1 Å².